The van der Waals surface area contributed by atoms with E-state index in [4.69, 9.17) is 0 Å². The van der Waals surface area contributed by atoms with Crippen molar-refractivity contribution in [3.05, 3.63) is 29.8 Å². The third-order valence-corrected chi connectivity index (χ3v) is 1.27. The van der Waals surface area contributed by atoms with E-state index >= 15 is 0 Å². The Kier molecular flexibility index (Phi) is 2.17. The Morgan fingerprint density at radius 1 is 1.20 bits per heavy atom. The topological polar surface area (TPSA) is 9.23 Å². The third-order valence-electron chi connectivity index (χ3n) is 1.04. The lowest BCUT2D eigenvalue weighted by molar-refractivity contribution is 0.488. The first-order valence-corrected chi connectivity index (χ1v) is 3.03. The molecule has 0 aliphatic carbocycles. The minimum Gasteiger partial charge on any atom is -0.474 e. The van der Waals surface area contributed by atoms with Crippen molar-refractivity contribution < 1.29 is 13.3 Å². The molecular formula is C6H5F2OP. The van der Waals surface area contributed by atoms with Crippen molar-refractivity contribution in [2.75, 3.05) is 0 Å². The van der Waals surface area contributed by atoms with Gasteiger partial charge in [-0.2, -0.15) is 0 Å². The molecule has 1 unspecified atom stereocenters. The summed E-state index contributed by atoms with van der Waals surface area (Å²) in [6, 6.07) is 3.53. The fourth-order valence-electron chi connectivity index (χ4n) is 0.595. The molecule has 0 bridgehead atoms. The normalized spacial score (nSPS) is 9.50. The summed E-state index contributed by atoms with van der Waals surface area (Å²) in [5.41, 5.74) is 0. The lowest BCUT2D eigenvalue weighted by Gasteiger charge is -2.00. The quantitative estimate of drug-likeness (QED) is 0.574. The predicted molar refractivity (Wildman–Crippen MR) is 36.7 cm³/mol. The maximum atomic E-state index is 12.5. The van der Waals surface area contributed by atoms with Crippen LogP contribution in [-0.4, -0.2) is 0 Å². The van der Waals surface area contributed by atoms with Crippen LogP contribution < -0.4 is 4.52 Å². The maximum absolute atomic E-state index is 12.5. The molecule has 10 heavy (non-hydrogen) atoms. The molecule has 0 aliphatic rings. The van der Waals surface area contributed by atoms with E-state index in [0.717, 1.165) is 12.1 Å². The first kappa shape index (κ1) is 7.42. The van der Waals surface area contributed by atoms with E-state index in [1.54, 1.807) is 9.47 Å². The van der Waals surface area contributed by atoms with Gasteiger partial charge in [-0.1, -0.05) is 6.07 Å². The highest BCUT2D eigenvalue weighted by Gasteiger charge is 2.06. The molecule has 0 fully saturated rings. The summed E-state index contributed by atoms with van der Waals surface area (Å²) in [7, 11) is 1.78. The van der Waals surface area contributed by atoms with Crippen molar-refractivity contribution >= 4 is 9.47 Å². The van der Waals surface area contributed by atoms with Crippen LogP contribution in [0.2, 0.25) is 0 Å². The van der Waals surface area contributed by atoms with E-state index < -0.39 is 11.6 Å². The number of benzene rings is 1. The highest BCUT2D eigenvalue weighted by atomic mass is 31.0. The van der Waals surface area contributed by atoms with Gasteiger partial charge in [0.05, 0.1) is 9.47 Å². The zero-order valence-electron chi connectivity index (χ0n) is 4.97. The van der Waals surface area contributed by atoms with Gasteiger partial charge in [-0.05, 0) is 12.1 Å². The fraction of sp³-hybridized carbons (Fsp3) is 0. The molecule has 1 rings (SSSR count). The minimum atomic E-state index is -0.699. The molecule has 0 amide bonds. The Hall–Kier alpha value is -0.690. The van der Waals surface area contributed by atoms with Crippen molar-refractivity contribution in [1.29, 1.82) is 0 Å². The van der Waals surface area contributed by atoms with Gasteiger partial charge in [0.2, 0.25) is 0 Å². The van der Waals surface area contributed by atoms with E-state index in [1.807, 2.05) is 0 Å². The summed E-state index contributed by atoms with van der Waals surface area (Å²) in [5, 5.41) is 0. The van der Waals surface area contributed by atoms with E-state index in [9.17, 15) is 8.78 Å². The van der Waals surface area contributed by atoms with E-state index in [0.29, 0.717) is 0 Å². The smallest absolute Gasteiger partial charge is 0.193 e. The molecule has 0 heterocycles. The highest BCUT2D eigenvalue weighted by Crippen LogP contribution is 2.21. The van der Waals surface area contributed by atoms with Gasteiger partial charge in [0, 0.05) is 0 Å². The monoisotopic (exact) mass is 162 g/mol. The van der Waals surface area contributed by atoms with Crippen molar-refractivity contribution in [3.63, 3.8) is 0 Å². The molecule has 0 saturated carbocycles. The van der Waals surface area contributed by atoms with E-state index in [1.165, 1.54) is 6.07 Å². The molecule has 1 aromatic rings. The van der Waals surface area contributed by atoms with Crippen LogP contribution in [0.1, 0.15) is 0 Å². The zero-order chi connectivity index (χ0) is 7.56. The van der Waals surface area contributed by atoms with Crippen molar-refractivity contribution in [1.82, 2.24) is 0 Å². The van der Waals surface area contributed by atoms with Gasteiger partial charge in [0.1, 0.15) is 0 Å². The molecule has 0 N–H and O–H groups in total. The molecule has 0 aliphatic heterocycles. The van der Waals surface area contributed by atoms with Crippen molar-refractivity contribution in [2.24, 2.45) is 0 Å². The van der Waals surface area contributed by atoms with Gasteiger partial charge >= 0.3 is 0 Å². The second kappa shape index (κ2) is 2.93. The molecule has 0 radical (unpaired) electrons. The summed E-state index contributed by atoms with van der Waals surface area (Å²) < 4.78 is 29.3. The van der Waals surface area contributed by atoms with E-state index in [2.05, 4.69) is 4.52 Å². The van der Waals surface area contributed by atoms with Crippen LogP contribution in [0, 0.1) is 11.6 Å². The standard InChI is InChI=1S/C6H5F2OP/c7-4-2-1-3-5(8)6(4)9-10/h1-3H,10H2. The first-order valence-electron chi connectivity index (χ1n) is 2.56. The van der Waals surface area contributed by atoms with Gasteiger partial charge in [0.15, 0.2) is 17.4 Å². The molecule has 0 saturated heterocycles. The maximum Gasteiger partial charge on any atom is 0.193 e. The number of halogens is 2. The van der Waals surface area contributed by atoms with Crippen LogP contribution in [0.4, 0.5) is 8.78 Å². The minimum absolute atomic E-state index is 0.368. The van der Waals surface area contributed by atoms with E-state index in [-0.39, 0.29) is 5.75 Å². The van der Waals surface area contributed by atoms with Crippen LogP contribution in [0.25, 0.3) is 0 Å². The molecule has 1 aromatic carbocycles. The van der Waals surface area contributed by atoms with Gasteiger partial charge in [-0.15, -0.1) is 0 Å². The van der Waals surface area contributed by atoms with Gasteiger partial charge < -0.3 is 4.52 Å². The Morgan fingerprint density at radius 2 is 1.70 bits per heavy atom. The van der Waals surface area contributed by atoms with Crippen molar-refractivity contribution in [3.8, 4) is 5.75 Å². The average molecular weight is 162 g/mol. The molecule has 0 aromatic heterocycles. The molecule has 54 valence electrons. The Morgan fingerprint density at radius 3 is 2.00 bits per heavy atom. The SMILES string of the molecule is Fc1cccc(F)c1OP. The van der Waals surface area contributed by atoms with Crippen LogP contribution in [0.5, 0.6) is 5.75 Å². The number of hydrogen-bond donors (Lipinski definition) is 0. The van der Waals surface area contributed by atoms with Crippen LogP contribution in [0.3, 0.4) is 0 Å². The van der Waals surface area contributed by atoms with Crippen LogP contribution >= 0.6 is 9.47 Å². The average Bonchev–Trinajstić information content (AvgIpc) is 1.88. The van der Waals surface area contributed by atoms with Gasteiger partial charge in [-0.3, -0.25) is 0 Å². The molecular weight excluding hydrogens is 157 g/mol. The summed E-state index contributed by atoms with van der Waals surface area (Å²) in [6.07, 6.45) is 0. The fourth-order valence-corrected chi connectivity index (χ4v) is 0.820. The summed E-state index contributed by atoms with van der Waals surface area (Å²) in [6.45, 7) is 0. The Balaban J connectivity index is 3.17. The molecule has 1 nitrogen and oxygen atoms in total. The highest BCUT2D eigenvalue weighted by molar-refractivity contribution is 7.10. The van der Waals surface area contributed by atoms with Gasteiger partial charge in [0.25, 0.3) is 0 Å². The lowest BCUT2D eigenvalue weighted by Crippen LogP contribution is -1.85. The molecule has 0 spiro atoms. The second-order valence-electron chi connectivity index (χ2n) is 1.67. The van der Waals surface area contributed by atoms with Crippen LogP contribution in [-0.2, 0) is 0 Å². The number of rotatable bonds is 1. The zero-order valence-corrected chi connectivity index (χ0v) is 6.13. The molecule has 4 heteroatoms. The molecule has 1 atom stereocenters. The number of para-hydroxylation sites is 1. The Bertz CT molecular complexity index is 219. The summed E-state index contributed by atoms with van der Waals surface area (Å²) >= 11 is 0. The predicted octanol–water partition coefficient (Wildman–Crippen LogP) is 2.13. The Labute approximate surface area is 59.3 Å². The second-order valence-corrected chi connectivity index (χ2v) is 1.90. The largest absolute Gasteiger partial charge is 0.474 e. The first-order chi connectivity index (χ1) is 4.75. The summed E-state index contributed by atoms with van der Waals surface area (Å²) in [4.78, 5) is 0. The van der Waals surface area contributed by atoms with Crippen molar-refractivity contribution in [2.45, 2.75) is 0 Å². The number of hydrogen-bond acceptors (Lipinski definition) is 1. The van der Waals surface area contributed by atoms with Gasteiger partial charge in [-0.25, -0.2) is 8.78 Å². The third kappa shape index (κ3) is 1.24. The summed E-state index contributed by atoms with van der Waals surface area (Å²) in [5.74, 6) is -1.77. The van der Waals surface area contributed by atoms with Crippen LogP contribution in [0.15, 0.2) is 18.2 Å². The lowest BCUT2D eigenvalue weighted by atomic mass is 10.3.